The van der Waals surface area contributed by atoms with Crippen molar-refractivity contribution in [3.63, 3.8) is 0 Å². The zero-order valence-electron chi connectivity index (χ0n) is 19.6. The van der Waals surface area contributed by atoms with Crippen molar-refractivity contribution in [3.05, 3.63) is 23.8 Å². The number of hydrogen-bond donors (Lipinski definition) is 1. The molecule has 0 bridgehead atoms. The van der Waals surface area contributed by atoms with E-state index in [0.29, 0.717) is 50.2 Å². The quantitative estimate of drug-likeness (QED) is 0.308. The summed E-state index contributed by atoms with van der Waals surface area (Å²) in [5, 5.41) is 3.38. The van der Waals surface area contributed by atoms with Crippen molar-refractivity contribution in [1.82, 2.24) is 20.0 Å². The largest absolute Gasteiger partial charge is 0.493 e. The standard InChI is InChI=1S/C21H34F3N5O2.HI/c1-15(21(22,23)24)28-9-11-29(12-10-28)20(25-2)26-14-17(27(3)4)16-7-8-18(30-5)19(13-16)31-6;/h7-8,13,15,17H,9-12,14H2,1-6H3,(H,25,26);1H. The summed E-state index contributed by atoms with van der Waals surface area (Å²) < 4.78 is 49.7. The third-order valence-electron chi connectivity index (χ3n) is 5.72. The van der Waals surface area contributed by atoms with Crippen LogP contribution in [0, 0.1) is 0 Å². The van der Waals surface area contributed by atoms with E-state index >= 15 is 0 Å². The lowest BCUT2D eigenvalue weighted by Crippen LogP contribution is -2.57. The van der Waals surface area contributed by atoms with Crippen molar-refractivity contribution in [1.29, 1.82) is 0 Å². The fourth-order valence-electron chi connectivity index (χ4n) is 3.71. The Balaban J connectivity index is 0.00000512. The van der Waals surface area contributed by atoms with Gasteiger partial charge in [-0.15, -0.1) is 24.0 Å². The van der Waals surface area contributed by atoms with E-state index in [1.54, 1.807) is 21.3 Å². The summed E-state index contributed by atoms with van der Waals surface area (Å²) in [6, 6.07) is 4.41. The zero-order chi connectivity index (χ0) is 23.2. The number of piperazine rings is 1. The van der Waals surface area contributed by atoms with Gasteiger partial charge in [0.05, 0.1) is 20.3 Å². The Labute approximate surface area is 205 Å². The molecular weight excluding hydrogens is 538 g/mol. The lowest BCUT2D eigenvalue weighted by molar-refractivity contribution is -0.181. The first-order valence-electron chi connectivity index (χ1n) is 10.3. The van der Waals surface area contributed by atoms with Crippen LogP contribution in [-0.4, -0.2) is 101 Å². The lowest BCUT2D eigenvalue weighted by atomic mass is 10.1. The molecule has 1 fully saturated rings. The van der Waals surface area contributed by atoms with E-state index in [0.717, 1.165) is 5.56 Å². The van der Waals surface area contributed by atoms with Crippen LogP contribution in [0.5, 0.6) is 11.5 Å². The Morgan fingerprint density at radius 3 is 2.19 bits per heavy atom. The predicted molar refractivity (Wildman–Crippen MR) is 131 cm³/mol. The van der Waals surface area contributed by atoms with Gasteiger partial charge in [-0.05, 0) is 38.7 Å². The second-order valence-electron chi connectivity index (χ2n) is 7.76. The summed E-state index contributed by atoms with van der Waals surface area (Å²) in [7, 11) is 8.87. The van der Waals surface area contributed by atoms with E-state index in [1.807, 2.05) is 37.2 Å². The highest BCUT2D eigenvalue weighted by Crippen LogP contribution is 2.31. The molecule has 1 aliphatic rings. The van der Waals surface area contributed by atoms with E-state index in [2.05, 4.69) is 15.2 Å². The van der Waals surface area contributed by atoms with Gasteiger partial charge in [-0.2, -0.15) is 13.2 Å². The number of nitrogens with one attached hydrogen (secondary N) is 1. The molecule has 2 rings (SSSR count). The van der Waals surface area contributed by atoms with E-state index in [4.69, 9.17) is 9.47 Å². The fourth-order valence-corrected chi connectivity index (χ4v) is 3.71. The summed E-state index contributed by atoms with van der Waals surface area (Å²) in [6.45, 7) is 3.45. The van der Waals surface area contributed by atoms with Gasteiger partial charge in [0.1, 0.15) is 6.04 Å². The molecule has 1 saturated heterocycles. The molecule has 7 nitrogen and oxygen atoms in total. The number of aliphatic imine (C=N–C) groups is 1. The Morgan fingerprint density at radius 2 is 1.72 bits per heavy atom. The van der Waals surface area contributed by atoms with Crippen LogP contribution in [-0.2, 0) is 0 Å². The molecule has 1 aromatic rings. The number of nitrogens with zero attached hydrogens (tertiary/aromatic N) is 4. The molecule has 0 saturated carbocycles. The van der Waals surface area contributed by atoms with Crippen molar-refractivity contribution < 1.29 is 22.6 Å². The minimum absolute atomic E-state index is 0. The Morgan fingerprint density at radius 1 is 1.12 bits per heavy atom. The van der Waals surface area contributed by atoms with Gasteiger partial charge in [-0.25, -0.2) is 0 Å². The van der Waals surface area contributed by atoms with E-state index in [9.17, 15) is 13.2 Å². The van der Waals surface area contributed by atoms with Crippen LogP contribution in [0.2, 0.25) is 0 Å². The van der Waals surface area contributed by atoms with Gasteiger partial charge >= 0.3 is 6.18 Å². The summed E-state index contributed by atoms with van der Waals surface area (Å²) in [4.78, 5) is 9.90. The number of likely N-dealkylation sites (N-methyl/N-ethyl adjacent to an activating group) is 1. The molecule has 11 heteroatoms. The zero-order valence-corrected chi connectivity index (χ0v) is 21.9. The summed E-state index contributed by atoms with van der Waals surface area (Å²) >= 11 is 0. The number of benzene rings is 1. The Hall–Kier alpha value is -1.47. The highest BCUT2D eigenvalue weighted by Gasteiger charge is 2.41. The van der Waals surface area contributed by atoms with Crippen molar-refractivity contribution in [2.75, 3.05) is 68.1 Å². The van der Waals surface area contributed by atoms with Gasteiger partial charge in [-0.3, -0.25) is 9.89 Å². The number of methoxy groups -OCH3 is 2. The highest BCUT2D eigenvalue weighted by atomic mass is 127. The molecule has 0 amide bonds. The number of hydrogen-bond acceptors (Lipinski definition) is 5. The van der Waals surface area contributed by atoms with E-state index in [-0.39, 0.29) is 30.0 Å². The molecule has 32 heavy (non-hydrogen) atoms. The fraction of sp³-hybridized carbons (Fsp3) is 0.667. The molecule has 0 aliphatic carbocycles. The number of rotatable bonds is 7. The van der Waals surface area contributed by atoms with Crippen molar-refractivity contribution in [3.8, 4) is 11.5 Å². The van der Waals surface area contributed by atoms with Crippen molar-refractivity contribution in [2.24, 2.45) is 4.99 Å². The number of ether oxygens (including phenoxy) is 2. The van der Waals surface area contributed by atoms with Crippen LogP contribution in [0.3, 0.4) is 0 Å². The van der Waals surface area contributed by atoms with Gasteiger partial charge in [0.25, 0.3) is 0 Å². The third-order valence-corrected chi connectivity index (χ3v) is 5.72. The second-order valence-corrected chi connectivity index (χ2v) is 7.76. The second kappa shape index (κ2) is 12.7. The maximum absolute atomic E-state index is 13.0. The smallest absolute Gasteiger partial charge is 0.403 e. The Kier molecular flexibility index (Phi) is 11.3. The molecule has 1 heterocycles. The molecule has 184 valence electrons. The number of guanidine groups is 1. The van der Waals surface area contributed by atoms with Crippen LogP contribution in [0.1, 0.15) is 18.5 Å². The first kappa shape index (κ1) is 28.6. The van der Waals surface area contributed by atoms with Crippen LogP contribution >= 0.6 is 24.0 Å². The van der Waals surface area contributed by atoms with Crippen molar-refractivity contribution in [2.45, 2.75) is 25.2 Å². The third kappa shape index (κ3) is 7.27. The van der Waals surface area contributed by atoms with E-state index < -0.39 is 12.2 Å². The molecular formula is C21H35F3IN5O2. The van der Waals surface area contributed by atoms with Crippen LogP contribution < -0.4 is 14.8 Å². The summed E-state index contributed by atoms with van der Waals surface area (Å²) in [5.74, 6) is 2.01. The molecule has 2 atom stereocenters. The maximum Gasteiger partial charge on any atom is 0.403 e. The average molecular weight is 573 g/mol. The first-order valence-corrected chi connectivity index (χ1v) is 10.3. The van der Waals surface area contributed by atoms with Gasteiger partial charge in [-0.1, -0.05) is 6.07 Å². The lowest BCUT2D eigenvalue weighted by Gasteiger charge is -2.40. The van der Waals surface area contributed by atoms with Crippen molar-refractivity contribution >= 4 is 29.9 Å². The van der Waals surface area contributed by atoms with Gasteiger partial charge in [0.2, 0.25) is 0 Å². The van der Waals surface area contributed by atoms with E-state index in [1.165, 1.54) is 11.8 Å². The summed E-state index contributed by atoms with van der Waals surface area (Å²) in [5.41, 5.74) is 1.05. The molecule has 1 aromatic carbocycles. The van der Waals surface area contributed by atoms with Gasteiger partial charge in [0.15, 0.2) is 17.5 Å². The SMILES string of the molecule is CN=C(NCC(c1ccc(OC)c(OC)c1)N(C)C)N1CCN(C(C)C(F)(F)F)CC1.I. The first-order chi connectivity index (χ1) is 14.6. The van der Waals surface area contributed by atoms with Gasteiger partial charge < -0.3 is 24.6 Å². The summed E-state index contributed by atoms with van der Waals surface area (Å²) in [6.07, 6.45) is -4.21. The topological polar surface area (TPSA) is 52.6 Å². The minimum Gasteiger partial charge on any atom is -0.493 e. The predicted octanol–water partition coefficient (Wildman–Crippen LogP) is 3.07. The molecule has 1 N–H and O–H groups in total. The molecule has 0 aromatic heterocycles. The molecule has 0 radical (unpaired) electrons. The normalized spacial score (nSPS) is 17.6. The number of halogens is 4. The molecule has 2 unspecified atom stereocenters. The van der Waals surface area contributed by atoms with Crippen LogP contribution in [0.15, 0.2) is 23.2 Å². The van der Waals surface area contributed by atoms with Crippen LogP contribution in [0.25, 0.3) is 0 Å². The monoisotopic (exact) mass is 573 g/mol. The highest BCUT2D eigenvalue weighted by molar-refractivity contribution is 14.0. The average Bonchev–Trinajstić information content (AvgIpc) is 2.75. The number of alkyl halides is 3. The molecule has 1 aliphatic heterocycles. The van der Waals surface area contributed by atoms with Crippen LogP contribution in [0.4, 0.5) is 13.2 Å². The maximum atomic E-state index is 13.0. The molecule has 0 spiro atoms. The minimum atomic E-state index is -4.21. The Bertz CT molecular complexity index is 741. The van der Waals surface area contributed by atoms with Gasteiger partial charge in [0, 0.05) is 39.8 Å².